The first-order valence-electron chi connectivity index (χ1n) is 8.35. The molecule has 2 nitrogen and oxygen atoms in total. The molecule has 108 valence electrons. The molecule has 1 aliphatic heterocycles. The van der Waals surface area contributed by atoms with Crippen LogP contribution in [0.5, 0.6) is 0 Å². The van der Waals surface area contributed by atoms with E-state index in [-0.39, 0.29) is 0 Å². The molecule has 1 N–H and O–H groups in total. The molecule has 0 spiro atoms. The fraction of sp³-hybridized carbons (Fsp3) is 0.667. The van der Waals surface area contributed by atoms with Crippen LogP contribution in [0.1, 0.15) is 61.7 Å². The van der Waals surface area contributed by atoms with Gasteiger partial charge in [0.15, 0.2) is 0 Å². The van der Waals surface area contributed by atoms with Crippen molar-refractivity contribution in [2.75, 3.05) is 13.2 Å². The Morgan fingerprint density at radius 3 is 2.55 bits per heavy atom. The highest BCUT2D eigenvalue weighted by Gasteiger charge is 2.34. The van der Waals surface area contributed by atoms with E-state index in [9.17, 15) is 0 Å². The van der Waals surface area contributed by atoms with E-state index in [0.29, 0.717) is 12.0 Å². The molecule has 20 heavy (non-hydrogen) atoms. The first-order valence-corrected chi connectivity index (χ1v) is 8.35. The average molecular weight is 271 g/mol. The number of rotatable bonds is 5. The molecule has 0 aromatic heterocycles. The number of benzene rings is 1. The molecule has 0 radical (unpaired) electrons. The van der Waals surface area contributed by atoms with E-state index >= 15 is 0 Å². The maximum Gasteiger partial charge on any atom is 0.0867 e. The second-order valence-corrected chi connectivity index (χ2v) is 6.78. The van der Waals surface area contributed by atoms with Crippen LogP contribution in [0.2, 0.25) is 0 Å². The summed E-state index contributed by atoms with van der Waals surface area (Å²) in [6.07, 6.45) is 8.34. The monoisotopic (exact) mass is 271 g/mol. The highest BCUT2D eigenvalue weighted by Crippen LogP contribution is 2.45. The predicted molar refractivity (Wildman–Crippen MR) is 80.9 cm³/mol. The fourth-order valence-electron chi connectivity index (χ4n) is 3.54. The molecule has 3 aliphatic rings. The van der Waals surface area contributed by atoms with Crippen molar-refractivity contribution in [3.05, 3.63) is 35.4 Å². The molecule has 4 rings (SSSR count). The Morgan fingerprint density at radius 2 is 1.80 bits per heavy atom. The van der Waals surface area contributed by atoms with Gasteiger partial charge < -0.3 is 10.1 Å². The van der Waals surface area contributed by atoms with Crippen molar-refractivity contribution in [1.82, 2.24) is 5.32 Å². The lowest BCUT2D eigenvalue weighted by molar-refractivity contribution is -0.0283. The fourth-order valence-corrected chi connectivity index (χ4v) is 3.54. The first kappa shape index (κ1) is 12.8. The van der Waals surface area contributed by atoms with E-state index < -0.39 is 0 Å². The Bertz CT molecular complexity index is 464. The maximum atomic E-state index is 6.21. The SMILES string of the molecule is c1ccc(C2OCCCC2CNC2CC2)c(C2CC2)c1. The molecule has 0 amide bonds. The van der Waals surface area contributed by atoms with Crippen LogP contribution in [0, 0.1) is 5.92 Å². The lowest BCUT2D eigenvalue weighted by Crippen LogP contribution is -2.33. The number of hydrogen-bond acceptors (Lipinski definition) is 2. The van der Waals surface area contributed by atoms with Gasteiger partial charge in [0.25, 0.3) is 0 Å². The molecule has 0 bridgehead atoms. The van der Waals surface area contributed by atoms with E-state index in [0.717, 1.165) is 25.1 Å². The molecule has 2 unspecified atom stereocenters. The summed E-state index contributed by atoms with van der Waals surface area (Å²) in [6, 6.07) is 9.82. The van der Waals surface area contributed by atoms with Crippen molar-refractivity contribution in [1.29, 1.82) is 0 Å². The van der Waals surface area contributed by atoms with Crippen molar-refractivity contribution in [2.45, 2.75) is 56.6 Å². The normalized spacial score (nSPS) is 30.4. The maximum absolute atomic E-state index is 6.21. The molecule has 2 aliphatic carbocycles. The zero-order chi connectivity index (χ0) is 13.4. The molecule has 1 aromatic rings. The molecule has 1 heterocycles. The summed E-state index contributed by atoms with van der Waals surface area (Å²) >= 11 is 0. The Hall–Kier alpha value is -0.860. The smallest absolute Gasteiger partial charge is 0.0867 e. The molecular formula is C18H25NO. The lowest BCUT2D eigenvalue weighted by Gasteiger charge is -2.33. The third kappa shape index (κ3) is 2.77. The third-order valence-corrected chi connectivity index (χ3v) is 5.01. The van der Waals surface area contributed by atoms with E-state index in [1.54, 1.807) is 5.56 Å². The van der Waals surface area contributed by atoms with Gasteiger partial charge in [-0.1, -0.05) is 24.3 Å². The van der Waals surface area contributed by atoms with Crippen molar-refractivity contribution in [3.8, 4) is 0 Å². The molecule has 2 atom stereocenters. The summed E-state index contributed by atoms with van der Waals surface area (Å²) in [5.41, 5.74) is 3.05. The Labute approximate surface area is 121 Å². The summed E-state index contributed by atoms with van der Waals surface area (Å²) in [4.78, 5) is 0. The number of ether oxygens (including phenoxy) is 1. The quantitative estimate of drug-likeness (QED) is 0.880. The van der Waals surface area contributed by atoms with E-state index in [2.05, 4.69) is 29.6 Å². The highest BCUT2D eigenvalue weighted by molar-refractivity contribution is 5.35. The van der Waals surface area contributed by atoms with Gasteiger partial charge in [-0.05, 0) is 55.6 Å². The summed E-state index contributed by atoms with van der Waals surface area (Å²) in [5, 5.41) is 3.71. The van der Waals surface area contributed by atoms with Gasteiger partial charge in [-0.15, -0.1) is 0 Å². The second kappa shape index (κ2) is 5.50. The second-order valence-electron chi connectivity index (χ2n) is 6.78. The van der Waals surface area contributed by atoms with E-state index in [1.165, 1.54) is 44.1 Å². The van der Waals surface area contributed by atoms with Crippen LogP contribution in [0.25, 0.3) is 0 Å². The van der Waals surface area contributed by atoms with Gasteiger partial charge in [0.2, 0.25) is 0 Å². The molecule has 2 heteroatoms. The van der Waals surface area contributed by atoms with Crippen LogP contribution in [0.3, 0.4) is 0 Å². The zero-order valence-electron chi connectivity index (χ0n) is 12.2. The van der Waals surface area contributed by atoms with Crippen LogP contribution in [0.15, 0.2) is 24.3 Å². The van der Waals surface area contributed by atoms with Crippen LogP contribution in [-0.2, 0) is 4.74 Å². The van der Waals surface area contributed by atoms with Crippen molar-refractivity contribution < 1.29 is 4.74 Å². The van der Waals surface area contributed by atoms with Gasteiger partial charge in [0.1, 0.15) is 0 Å². The lowest BCUT2D eigenvalue weighted by atomic mass is 9.86. The molecule has 2 saturated carbocycles. The number of hydrogen-bond donors (Lipinski definition) is 1. The van der Waals surface area contributed by atoms with Crippen molar-refractivity contribution >= 4 is 0 Å². The number of nitrogens with one attached hydrogen (secondary N) is 1. The van der Waals surface area contributed by atoms with Crippen molar-refractivity contribution in [2.24, 2.45) is 5.92 Å². The van der Waals surface area contributed by atoms with Gasteiger partial charge in [-0.25, -0.2) is 0 Å². The zero-order valence-corrected chi connectivity index (χ0v) is 12.2. The molecule has 1 saturated heterocycles. The molecule has 1 aromatic carbocycles. The summed E-state index contributed by atoms with van der Waals surface area (Å²) in [5.74, 6) is 1.47. The minimum Gasteiger partial charge on any atom is -0.373 e. The highest BCUT2D eigenvalue weighted by atomic mass is 16.5. The largest absolute Gasteiger partial charge is 0.373 e. The topological polar surface area (TPSA) is 21.3 Å². The predicted octanol–water partition coefficient (Wildman–Crippen LogP) is 3.78. The molecular weight excluding hydrogens is 246 g/mol. The van der Waals surface area contributed by atoms with Crippen LogP contribution >= 0.6 is 0 Å². The van der Waals surface area contributed by atoms with Gasteiger partial charge >= 0.3 is 0 Å². The Balaban J connectivity index is 1.53. The van der Waals surface area contributed by atoms with Gasteiger partial charge in [0, 0.05) is 25.1 Å². The summed E-state index contributed by atoms with van der Waals surface area (Å²) in [7, 11) is 0. The minimum atomic E-state index is 0.326. The van der Waals surface area contributed by atoms with E-state index in [4.69, 9.17) is 4.74 Å². The Kier molecular flexibility index (Phi) is 3.53. The van der Waals surface area contributed by atoms with E-state index in [1.807, 2.05) is 0 Å². The first-order chi connectivity index (χ1) is 9.92. The van der Waals surface area contributed by atoms with Crippen LogP contribution < -0.4 is 5.32 Å². The van der Waals surface area contributed by atoms with Crippen LogP contribution in [0.4, 0.5) is 0 Å². The molecule has 3 fully saturated rings. The average Bonchev–Trinajstić information content (AvgIpc) is 3.40. The standard InChI is InChI=1S/C18H25NO/c1-2-6-17(16(5-1)13-7-8-13)18-14(4-3-11-20-18)12-19-15-9-10-15/h1-2,5-6,13-15,18-19H,3-4,7-12H2. The minimum absolute atomic E-state index is 0.326. The van der Waals surface area contributed by atoms with Gasteiger partial charge in [0.05, 0.1) is 6.10 Å². The third-order valence-electron chi connectivity index (χ3n) is 5.01. The van der Waals surface area contributed by atoms with Gasteiger partial charge in [-0.3, -0.25) is 0 Å². The Morgan fingerprint density at radius 1 is 1.00 bits per heavy atom. The van der Waals surface area contributed by atoms with Crippen molar-refractivity contribution in [3.63, 3.8) is 0 Å². The summed E-state index contributed by atoms with van der Waals surface area (Å²) in [6.45, 7) is 2.07. The summed E-state index contributed by atoms with van der Waals surface area (Å²) < 4.78 is 6.21. The van der Waals surface area contributed by atoms with Crippen LogP contribution in [-0.4, -0.2) is 19.2 Å². The van der Waals surface area contributed by atoms with Gasteiger partial charge in [-0.2, -0.15) is 0 Å².